The second kappa shape index (κ2) is 11.8. The number of thioether (sulfide) groups is 1. The summed E-state index contributed by atoms with van der Waals surface area (Å²) in [6, 6.07) is 19.4. The van der Waals surface area contributed by atoms with Crippen LogP contribution in [0.1, 0.15) is 28.4 Å². The Morgan fingerprint density at radius 3 is 2.47 bits per heavy atom. The van der Waals surface area contributed by atoms with Gasteiger partial charge in [-0.2, -0.15) is 5.01 Å². The van der Waals surface area contributed by atoms with E-state index in [1.807, 2.05) is 25.1 Å². The van der Waals surface area contributed by atoms with E-state index in [1.165, 1.54) is 0 Å². The molecule has 1 aliphatic heterocycles. The molecule has 3 aromatic carbocycles. The number of benzene rings is 3. The van der Waals surface area contributed by atoms with Gasteiger partial charge in [-0.1, -0.05) is 71.4 Å². The Hall–Kier alpha value is -3.04. The van der Waals surface area contributed by atoms with Crippen LogP contribution in [0.4, 0.5) is 0 Å². The topological polar surface area (TPSA) is 67.9 Å². The lowest BCUT2D eigenvalue weighted by Gasteiger charge is -2.16. The van der Waals surface area contributed by atoms with E-state index in [4.69, 9.17) is 44.9 Å². The zero-order chi connectivity index (χ0) is 25.7. The fourth-order valence-corrected chi connectivity index (χ4v) is 4.89. The first-order chi connectivity index (χ1) is 17.4. The predicted octanol–water partition coefficient (Wildman–Crippen LogP) is 6.52. The Balaban J connectivity index is 1.50. The second-order valence-electron chi connectivity index (χ2n) is 7.46. The van der Waals surface area contributed by atoms with E-state index in [1.54, 1.807) is 54.6 Å². The number of hydrogen-bond acceptors (Lipinski definition) is 6. The Kier molecular flexibility index (Phi) is 8.53. The zero-order valence-electron chi connectivity index (χ0n) is 19.0. The number of nitrogens with zero attached hydrogens (tertiary/aromatic N) is 1. The summed E-state index contributed by atoms with van der Waals surface area (Å²) >= 11 is 18.7. The van der Waals surface area contributed by atoms with Crippen LogP contribution < -0.4 is 14.9 Å². The number of amides is 2. The maximum Gasteiger partial charge on any atom is 0.285 e. The zero-order valence-corrected chi connectivity index (χ0v) is 22.1. The van der Waals surface area contributed by atoms with Crippen LogP contribution in [0.5, 0.6) is 11.5 Å². The van der Waals surface area contributed by atoms with E-state index in [2.05, 4.69) is 5.43 Å². The summed E-state index contributed by atoms with van der Waals surface area (Å²) in [5, 5.41) is 1.94. The number of carbonyl (C=O) groups is 2. The Morgan fingerprint density at radius 2 is 1.75 bits per heavy atom. The van der Waals surface area contributed by atoms with Crippen molar-refractivity contribution in [2.75, 3.05) is 6.61 Å². The molecule has 1 N–H and O–H groups in total. The highest BCUT2D eigenvalue weighted by molar-refractivity contribution is 8.26. The molecular weight excluding hydrogens is 539 g/mol. The molecule has 0 spiro atoms. The highest BCUT2D eigenvalue weighted by Gasteiger charge is 2.34. The molecule has 0 atom stereocenters. The summed E-state index contributed by atoms with van der Waals surface area (Å²) in [5.41, 5.74) is 4.34. The largest absolute Gasteiger partial charge is 0.490 e. The summed E-state index contributed by atoms with van der Waals surface area (Å²) in [4.78, 5) is 25.9. The maximum atomic E-state index is 13.0. The molecule has 0 saturated carbocycles. The average molecular weight is 559 g/mol. The van der Waals surface area contributed by atoms with Gasteiger partial charge >= 0.3 is 0 Å². The number of halogens is 2. The van der Waals surface area contributed by atoms with Gasteiger partial charge < -0.3 is 9.47 Å². The summed E-state index contributed by atoms with van der Waals surface area (Å²) in [6.45, 7) is 2.59. The van der Waals surface area contributed by atoms with Crippen LogP contribution in [0.15, 0.2) is 71.6 Å². The van der Waals surface area contributed by atoms with Gasteiger partial charge in [0.1, 0.15) is 6.61 Å². The average Bonchev–Trinajstić information content (AvgIpc) is 3.12. The number of thiocarbonyl (C=S) groups is 1. The molecule has 2 amide bonds. The monoisotopic (exact) mass is 558 g/mol. The van der Waals surface area contributed by atoms with Crippen LogP contribution in [0.2, 0.25) is 10.0 Å². The molecule has 4 rings (SSSR count). The molecule has 3 aromatic rings. The van der Waals surface area contributed by atoms with Crippen molar-refractivity contribution in [3.05, 3.63) is 98.4 Å². The molecule has 6 nitrogen and oxygen atoms in total. The lowest BCUT2D eigenvalue weighted by molar-refractivity contribution is -0.123. The Labute approximate surface area is 228 Å². The summed E-state index contributed by atoms with van der Waals surface area (Å²) in [6.07, 6.45) is 1.68. The van der Waals surface area contributed by atoms with Gasteiger partial charge in [0.05, 0.1) is 22.1 Å². The molecule has 10 heteroatoms. The van der Waals surface area contributed by atoms with Crippen molar-refractivity contribution in [3.63, 3.8) is 0 Å². The lowest BCUT2D eigenvalue weighted by Crippen LogP contribution is -2.44. The Bertz CT molecular complexity index is 1360. The number of ether oxygens (including phenoxy) is 2. The van der Waals surface area contributed by atoms with Gasteiger partial charge in [-0.25, -0.2) is 0 Å². The predicted molar refractivity (Wildman–Crippen MR) is 147 cm³/mol. The quantitative estimate of drug-likeness (QED) is 0.251. The molecule has 1 heterocycles. The van der Waals surface area contributed by atoms with Crippen LogP contribution in [-0.4, -0.2) is 27.8 Å². The molecule has 184 valence electrons. The molecule has 0 aliphatic carbocycles. The molecule has 0 radical (unpaired) electrons. The minimum absolute atomic E-state index is 0.205. The van der Waals surface area contributed by atoms with Gasteiger partial charge in [-0.05, 0) is 61.1 Å². The SMILES string of the molecule is CCOc1cc(/C=C2\SC(=S)N(NC(=O)c3ccccc3Cl)C2=O)ccc1OCc1ccccc1Cl. The normalized spacial score (nSPS) is 14.3. The van der Waals surface area contributed by atoms with Crippen molar-refractivity contribution in [2.45, 2.75) is 13.5 Å². The van der Waals surface area contributed by atoms with E-state index in [9.17, 15) is 9.59 Å². The third-order valence-electron chi connectivity index (χ3n) is 5.03. The van der Waals surface area contributed by atoms with Gasteiger partial charge in [0.15, 0.2) is 15.8 Å². The van der Waals surface area contributed by atoms with Gasteiger partial charge in [-0.3, -0.25) is 15.0 Å². The number of carbonyl (C=O) groups excluding carboxylic acids is 2. The minimum Gasteiger partial charge on any atom is -0.490 e. The smallest absolute Gasteiger partial charge is 0.285 e. The first-order valence-electron chi connectivity index (χ1n) is 10.8. The number of nitrogens with one attached hydrogen (secondary N) is 1. The number of hydrazine groups is 1. The molecule has 0 unspecified atom stereocenters. The minimum atomic E-state index is -0.531. The fraction of sp³-hybridized carbons (Fsp3) is 0.115. The maximum absolute atomic E-state index is 13.0. The summed E-state index contributed by atoms with van der Waals surface area (Å²) < 4.78 is 11.9. The molecule has 1 aliphatic rings. The molecular formula is C26H20Cl2N2O4S2. The van der Waals surface area contributed by atoms with E-state index in [0.717, 1.165) is 22.3 Å². The van der Waals surface area contributed by atoms with E-state index < -0.39 is 11.8 Å². The third kappa shape index (κ3) is 6.02. The van der Waals surface area contributed by atoms with Crippen LogP contribution in [0, 0.1) is 0 Å². The van der Waals surface area contributed by atoms with Crippen molar-refractivity contribution < 1.29 is 19.1 Å². The molecule has 36 heavy (non-hydrogen) atoms. The first-order valence-corrected chi connectivity index (χ1v) is 12.8. The van der Waals surface area contributed by atoms with Crippen LogP contribution in [0.3, 0.4) is 0 Å². The highest BCUT2D eigenvalue weighted by Crippen LogP contribution is 2.35. The van der Waals surface area contributed by atoms with Gasteiger partial charge in [0, 0.05) is 10.6 Å². The van der Waals surface area contributed by atoms with Crippen molar-refractivity contribution in [1.82, 2.24) is 10.4 Å². The van der Waals surface area contributed by atoms with E-state index in [0.29, 0.717) is 33.6 Å². The molecule has 0 bridgehead atoms. The van der Waals surface area contributed by atoms with Crippen LogP contribution >= 0.6 is 47.2 Å². The van der Waals surface area contributed by atoms with Gasteiger partial charge in [-0.15, -0.1) is 0 Å². The van der Waals surface area contributed by atoms with Crippen LogP contribution in [0.25, 0.3) is 6.08 Å². The number of hydrogen-bond donors (Lipinski definition) is 1. The van der Waals surface area contributed by atoms with Gasteiger partial charge in [0.25, 0.3) is 11.8 Å². The van der Waals surface area contributed by atoms with E-state index in [-0.39, 0.29) is 21.5 Å². The highest BCUT2D eigenvalue weighted by atomic mass is 35.5. The first kappa shape index (κ1) is 26.0. The standard InChI is InChI=1S/C26H20Cl2N2O4S2/c1-2-33-22-13-16(11-12-21(22)34-15-17-7-3-5-9-19(17)27)14-23-25(32)30(26(35)36-23)29-24(31)18-8-4-6-10-20(18)28/h3-14H,2,15H2,1H3,(H,29,31)/b23-14-. The molecule has 1 saturated heterocycles. The van der Waals surface area contributed by atoms with Crippen molar-refractivity contribution in [3.8, 4) is 11.5 Å². The van der Waals surface area contributed by atoms with Crippen molar-refractivity contribution in [1.29, 1.82) is 0 Å². The van der Waals surface area contributed by atoms with Gasteiger partial charge in [0.2, 0.25) is 0 Å². The summed E-state index contributed by atoms with van der Waals surface area (Å²) in [7, 11) is 0. The molecule has 1 fully saturated rings. The summed E-state index contributed by atoms with van der Waals surface area (Å²) in [5.74, 6) is 0.105. The van der Waals surface area contributed by atoms with Crippen molar-refractivity contribution >= 4 is 69.4 Å². The fourth-order valence-electron chi connectivity index (χ4n) is 3.30. The lowest BCUT2D eigenvalue weighted by atomic mass is 10.1. The molecule has 0 aromatic heterocycles. The van der Waals surface area contributed by atoms with E-state index >= 15 is 0 Å². The van der Waals surface area contributed by atoms with Crippen molar-refractivity contribution in [2.24, 2.45) is 0 Å². The number of rotatable bonds is 8. The second-order valence-corrected chi connectivity index (χ2v) is 9.95. The third-order valence-corrected chi connectivity index (χ3v) is 7.03. The van der Waals surface area contributed by atoms with Crippen LogP contribution in [-0.2, 0) is 11.4 Å². The Morgan fingerprint density at radius 1 is 1.03 bits per heavy atom.